The predicted molar refractivity (Wildman–Crippen MR) is 108 cm³/mol. The van der Waals surface area contributed by atoms with Crippen LogP contribution in [-0.4, -0.2) is 32.2 Å². The van der Waals surface area contributed by atoms with Crippen LogP contribution in [0.15, 0.2) is 42.0 Å². The number of nitrogens with zero attached hydrogens (tertiary/aromatic N) is 1. The molecule has 2 fully saturated rings. The maximum atomic E-state index is 12.3. The summed E-state index contributed by atoms with van der Waals surface area (Å²) in [6.45, 7) is 8.78. The molecule has 3 rings (SSSR count). The summed E-state index contributed by atoms with van der Waals surface area (Å²) in [7, 11) is -1.28. The zero-order chi connectivity index (χ0) is 18.6. The average Bonchev–Trinajstić information content (AvgIpc) is 2.58. The quantitative estimate of drug-likeness (QED) is 0.543. The zero-order valence-electron chi connectivity index (χ0n) is 16.2. The molecule has 0 atom stereocenters. The molecule has 1 saturated carbocycles. The van der Waals surface area contributed by atoms with Gasteiger partial charge < -0.3 is 9.64 Å². The van der Waals surface area contributed by atoms with E-state index < -0.39 is 8.07 Å². The van der Waals surface area contributed by atoms with Crippen molar-refractivity contribution in [2.75, 3.05) is 13.1 Å². The van der Waals surface area contributed by atoms with Crippen LogP contribution in [0.3, 0.4) is 0 Å². The van der Waals surface area contributed by atoms with Crippen LogP contribution in [0.1, 0.15) is 31.2 Å². The summed E-state index contributed by atoms with van der Waals surface area (Å²) >= 11 is 0. The van der Waals surface area contributed by atoms with Crippen molar-refractivity contribution in [3.05, 3.63) is 47.5 Å². The molecule has 138 valence electrons. The van der Waals surface area contributed by atoms with Crippen molar-refractivity contribution in [3.63, 3.8) is 0 Å². The molecule has 2 aliphatic rings. The van der Waals surface area contributed by atoms with E-state index in [0.29, 0.717) is 12.0 Å². The lowest BCUT2D eigenvalue weighted by atomic mass is 9.60. The molecule has 1 amide bonds. The second kappa shape index (κ2) is 7.71. The molecule has 4 heteroatoms. The minimum Gasteiger partial charge on any atom is -0.445 e. The van der Waals surface area contributed by atoms with E-state index >= 15 is 0 Å². The number of benzene rings is 1. The number of rotatable bonds is 2. The highest BCUT2D eigenvalue weighted by molar-refractivity contribution is 6.83. The number of hydrogen-bond donors (Lipinski definition) is 0. The minimum atomic E-state index is -1.28. The SMILES string of the molecule is C[Si](C)(C)C#CC=C1CC2(CCN(C(=O)OCc3ccccc3)CC2)C1. The highest BCUT2D eigenvalue weighted by atomic mass is 28.3. The highest BCUT2D eigenvalue weighted by Crippen LogP contribution is 2.52. The van der Waals surface area contributed by atoms with Gasteiger partial charge in [0.25, 0.3) is 0 Å². The molecule has 1 saturated heterocycles. The number of allylic oxidation sites excluding steroid dienone is 2. The van der Waals surface area contributed by atoms with Crippen LogP contribution in [-0.2, 0) is 11.3 Å². The minimum absolute atomic E-state index is 0.181. The summed E-state index contributed by atoms with van der Waals surface area (Å²) in [5.41, 5.74) is 6.32. The molecule has 1 aromatic carbocycles. The average molecular weight is 368 g/mol. The summed E-state index contributed by atoms with van der Waals surface area (Å²) in [5, 5.41) is 0. The first kappa shape index (κ1) is 18.8. The smallest absolute Gasteiger partial charge is 0.410 e. The normalized spacial score (nSPS) is 18.6. The number of amides is 1. The Kier molecular flexibility index (Phi) is 5.57. The predicted octanol–water partition coefficient (Wildman–Crippen LogP) is 5.01. The molecular weight excluding hydrogens is 338 g/mol. The molecule has 1 spiro atoms. The van der Waals surface area contributed by atoms with E-state index in [1.807, 2.05) is 35.2 Å². The first-order chi connectivity index (χ1) is 12.4. The fourth-order valence-corrected chi connectivity index (χ4v) is 4.20. The topological polar surface area (TPSA) is 29.5 Å². The molecule has 3 nitrogen and oxygen atoms in total. The van der Waals surface area contributed by atoms with Gasteiger partial charge in [-0.3, -0.25) is 0 Å². The van der Waals surface area contributed by atoms with Crippen molar-refractivity contribution in [1.29, 1.82) is 0 Å². The fraction of sp³-hybridized carbons (Fsp3) is 0.500. The van der Waals surface area contributed by atoms with Gasteiger partial charge in [0.05, 0.1) is 0 Å². The molecule has 0 bridgehead atoms. The summed E-state index contributed by atoms with van der Waals surface area (Å²) in [6.07, 6.45) is 6.42. The molecule has 0 aromatic heterocycles. The van der Waals surface area contributed by atoms with Crippen LogP contribution in [0.4, 0.5) is 4.79 Å². The van der Waals surface area contributed by atoms with Crippen molar-refractivity contribution < 1.29 is 9.53 Å². The number of carbonyl (C=O) groups excluding carboxylic acids is 1. The molecule has 1 aromatic rings. The third-order valence-corrected chi connectivity index (χ3v) is 6.11. The Morgan fingerprint density at radius 3 is 2.46 bits per heavy atom. The van der Waals surface area contributed by atoms with Crippen molar-refractivity contribution in [3.8, 4) is 11.5 Å². The van der Waals surface area contributed by atoms with E-state index in [9.17, 15) is 4.79 Å². The number of hydrogen-bond acceptors (Lipinski definition) is 2. The molecule has 0 radical (unpaired) electrons. The fourth-order valence-electron chi connectivity index (χ4n) is 3.70. The van der Waals surface area contributed by atoms with Crippen molar-refractivity contribution in [2.45, 2.75) is 51.9 Å². The van der Waals surface area contributed by atoms with Crippen LogP contribution in [0.5, 0.6) is 0 Å². The molecule has 1 aliphatic carbocycles. The maximum Gasteiger partial charge on any atom is 0.410 e. The first-order valence-electron chi connectivity index (χ1n) is 9.52. The lowest BCUT2D eigenvalue weighted by molar-refractivity contribution is 0.0461. The van der Waals surface area contributed by atoms with Gasteiger partial charge in [-0.2, -0.15) is 0 Å². The largest absolute Gasteiger partial charge is 0.445 e. The van der Waals surface area contributed by atoms with E-state index in [4.69, 9.17) is 4.74 Å². The lowest BCUT2D eigenvalue weighted by Gasteiger charge is -2.49. The number of piperidine rings is 1. The van der Waals surface area contributed by atoms with Gasteiger partial charge in [-0.1, -0.05) is 61.5 Å². The van der Waals surface area contributed by atoms with Crippen LogP contribution < -0.4 is 0 Å². The Hall–Kier alpha value is -1.99. The Labute approximate surface area is 158 Å². The van der Waals surface area contributed by atoms with Crippen LogP contribution in [0.2, 0.25) is 19.6 Å². The van der Waals surface area contributed by atoms with E-state index in [1.54, 1.807) is 0 Å². The first-order valence-corrected chi connectivity index (χ1v) is 13.0. The summed E-state index contributed by atoms with van der Waals surface area (Å²) < 4.78 is 5.45. The van der Waals surface area contributed by atoms with E-state index in [1.165, 1.54) is 5.57 Å². The zero-order valence-corrected chi connectivity index (χ0v) is 17.2. The van der Waals surface area contributed by atoms with E-state index in [2.05, 4.69) is 37.2 Å². The number of ether oxygens (including phenoxy) is 1. The van der Waals surface area contributed by atoms with Gasteiger partial charge in [0.15, 0.2) is 0 Å². The number of likely N-dealkylation sites (tertiary alicyclic amines) is 1. The van der Waals surface area contributed by atoms with Crippen molar-refractivity contribution in [2.24, 2.45) is 5.41 Å². The van der Waals surface area contributed by atoms with E-state index in [0.717, 1.165) is 44.3 Å². The Balaban J connectivity index is 1.43. The summed E-state index contributed by atoms with van der Waals surface area (Å²) in [6, 6.07) is 9.85. The Morgan fingerprint density at radius 2 is 1.85 bits per heavy atom. The highest BCUT2D eigenvalue weighted by Gasteiger charge is 2.43. The molecule has 0 unspecified atom stereocenters. The monoisotopic (exact) mass is 367 g/mol. The lowest BCUT2D eigenvalue weighted by Crippen LogP contribution is -2.46. The summed E-state index contributed by atoms with van der Waals surface area (Å²) in [5.74, 6) is 3.27. The van der Waals surface area contributed by atoms with Gasteiger partial charge in [-0.05, 0) is 42.7 Å². The number of carbonyl (C=O) groups is 1. The Bertz CT molecular complexity index is 719. The van der Waals surface area contributed by atoms with Gasteiger partial charge in [0.2, 0.25) is 0 Å². The van der Waals surface area contributed by atoms with Gasteiger partial charge >= 0.3 is 6.09 Å². The standard InChI is InChI=1S/C22H29NO2Si/c1-26(2,3)15-7-10-20-16-22(17-20)11-13-23(14-12-22)21(24)25-18-19-8-5-4-6-9-19/h4-6,8-10H,11-14,16-18H2,1-3H3. The maximum absolute atomic E-state index is 12.3. The third kappa shape index (κ3) is 5.01. The molecule has 1 aliphatic heterocycles. The molecule has 1 heterocycles. The van der Waals surface area contributed by atoms with Gasteiger partial charge in [-0.15, -0.1) is 5.54 Å². The van der Waals surface area contributed by atoms with Crippen LogP contribution >= 0.6 is 0 Å². The second-order valence-electron chi connectivity index (χ2n) is 8.70. The van der Waals surface area contributed by atoms with E-state index in [-0.39, 0.29) is 6.09 Å². The van der Waals surface area contributed by atoms with Crippen LogP contribution in [0, 0.1) is 16.9 Å². The third-order valence-electron chi connectivity index (χ3n) is 5.22. The molecule has 26 heavy (non-hydrogen) atoms. The van der Waals surface area contributed by atoms with Crippen LogP contribution in [0.25, 0.3) is 0 Å². The van der Waals surface area contributed by atoms with Gasteiger partial charge in [-0.25, -0.2) is 4.79 Å². The van der Waals surface area contributed by atoms with Gasteiger partial charge in [0.1, 0.15) is 14.7 Å². The van der Waals surface area contributed by atoms with Crippen molar-refractivity contribution in [1.82, 2.24) is 4.90 Å². The molecular formula is C22H29NO2Si. The molecule has 0 N–H and O–H groups in total. The summed E-state index contributed by atoms with van der Waals surface area (Å²) in [4.78, 5) is 14.1. The van der Waals surface area contributed by atoms with Crippen molar-refractivity contribution >= 4 is 14.2 Å². The van der Waals surface area contributed by atoms with Gasteiger partial charge in [0, 0.05) is 13.1 Å². The second-order valence-corrected chi connectivity index (χ2v) is 13.5. The Morgan fingerprint density at radius 1 is 1.19 bits per heavy atom.